The van der Waals surface area contributed by atoms with Gasteiger partial charge in [0, 0.05) is 25.8 Å². The average molecular weight is 493 g/mol. The largest absolute Gasteiger partial charge is 0.341 e. The Hall–Kier alpha value is -3.16. The number of hydrogen-bond donors (Lipinski definition) is 1. The van der Waals surface area contributed by atoms with E-state index in [9.17, 15) is 13.6 Å². The molecular weight excluding hydrogens is 470 g/mol. The van der Waals surface area contributed by atoms with Gasteiger partial charge in [-0.1, -0.05) is 47.8 Å². The fraction of sp³-hybridized carbons (Fsp3) is 0.111. The predicted octanol–water partition coefficient (Wildman–Crippen LogP) is 7.33. The van der Waals surface area contributed by atoms with Crippen LogP contribution in [0.5, 0.6) is 0 Å². The molecular formula is C27H22F2N2OS2. The Labute approximate surface area is 206 Å². The third-order valence-corrected chi connectivity index (χ3v) is 7.09. The van der Waals surface area contributed by atoms with Crippen LogP contribution < -0.4 is 5.32 Å². The molecule has 0 spiro atoms. The molecule has 34 heavy (non-hydrogen) atoms. The highest BCUT2D eigenvalue weighted by molar-refractivity contribution is 8.00. The molecule has 0 unspecified atom stereocenters. The van der Waals surface area contributed by atoms with E-state index in [-0.39, 0.29) is 17.5 Å². The molecule has 1 heterocycles. The van der Waals surface area contributed by atoms with Gasteiger partial charge in [0.1, 0.15) is 11.6 Å². The molecule has 1 amide bonds. The average Bonchev–Trinajstić information content (AvgIpc) is 2.79. The summed E-state index contributed by atoms with van der Waals surface area (Å²) in [7, 11) is 0. The minimum atomic E-state index is -0.740. The number of rotatable bonds is 7. The zero-order valence-corrected chi connectivity index (χ0v) is 20.2. The third kappa shape index (κ3) is 5.85. The summed E-state index contributed by atoms with van der Waals surface area (Å²) >= 11 is 2.61. The van der Waals surface area contributed by atoms with Gasteiger partial charge in [-0.25, -0.2) is 8.78 Å². The molecule has 1 aromatic heterocycles. The van der Waals surface area contributed by atoms with Gasteiger partial charge in [0.25, 0.3) is 5.91 Å². The number of aromatic nitrogens is 1. The molecule has 1 N–H and O–H groups in total. The second-order valence-corrected chi connectivity index (χ2v) is 10.3. The van der Waals surface area contributed by atoms with Crippen LogP contribution >= 0.6 is 23.5 Å². The molecule has 172 valence electrons. The second-order valence-electron chi connectivity index (χ2n) is 8.04. The normalized spacial score (nSPS) is 11.3. The molecule has 4 aromatic rings. The Morgan fingerprint density at radius 3 is 1.85 bits per heavy atom. The second kappa shape index (κ2) is 10.4. The van der Waals surface area contributed by atoms with E-state index < -0.39 is 5.54 Å². The Bertz CT molecular complexity index is 1250. The van der Waals surface area contributed by atoms with Crippen molar-refractivity contribution in [2.24, 2.45) is 0 Å². The van der Waals surface area contributed by atoms with Crippen molar-refractivity contribution in [3.63, 3.8) is 0 Å². The number of pyridine rings is 1. The number of benzene rings is 3. The first-order valence-corrected chi connectivity index (χ1v) is 12.2. The molecule has 7 heteroatoms. The van der Waals surface area contributed by atoms with E-state index in [0.29, 0.717) is 25.1 Å². The summed E-state index contributed by atoms with van der Waals surface area (Å²) in [6, 6.07) is 23.5. The third-order valence-electron chi connectivity index (χ3n) is 4.99. The van der Waals surface area contributed by atoms with Crippen molar-refractivity contribution in [2.45, 2.75) is 39.0 Å². The lowest BCUT2D eigenvalue weighted by Crippen LogP contribution is -2.42. The molecule has 3 nitrogen and oxygen atoms in total. The molecule has 0 aliphatic heterocycles. The van der Waals surface area contributed by atoms with Gasteiger partial charge in [-0.2, -0.15) is 0 Å². The summed E-state index contributed by atoms with van der Waals surface area (Å²) in [6.07, 6.45) is 1.68. The Kier molecular flexibility index (Phi) is 7.34. The van der Waals surface area contributed by atoms with Crippen LogP contribution in [0.4, 0.5) is 8.78 Å². The van der Waals surface area contributed by atoms with E-state index in [1.165, 1.54) is 47.8 Å². The molecule has 0 aliphatic carbocycles. The Balaban J connectivity index is 1.74. The summed E-state index contributed by atoms with van der Waals surface area (Å²) in [5.41, 5.74) is 0.420. The van der Waals surface area contributed by atoms with Crippen molar-refractivity contribution in [1.82, 2.24) is 10.3 Å². The topological polar surface area (TPSA) is 42.0 Å². The monoisotopic (exact) mass is 492 g/mol. The summed E-state index contributed by atoms with van der Waals surface area (Å²) in [6.45, 7) is 3.77. The van der Waals surface area contributed by atoms with Crippen LogP contribution in [0, 0.1) is 11.6 Å². The predicted molar refractivity (Wildman–Crippen MR) is 132 cm³/mol. The maximum atomic E-state index is 13.8. The van der Waals surface area contributed by atoms with Crippen LogP contribution in [-0.2, 0) is 5.54 Å². The fourth-order valence-electron chi connectivity index (χ4n) is 3.36. The Morgan fingerprint density at radius 1 is 0.794 bits per heavy atom. The summed E-state index contributed by atoms with van der Waals surface area (Å²) in [4.78, 5) is 20.7. The number of hydrogen-bond acceptors (Lipinski definition) is 4. The van der Waals surface area contributed by atoms with Gasteiger partial charge in [0.05, 0.1) is 16.8 Å². The molecule has 0 fully saturated rings. The number of nitrogens with zero attached hydrogens (tertiary/aromatic N) is 1. The van der Waals surface area contributed by atoms with Gasteiger partial charge < -0.3 is 5.32 Å². The number of carbonyl (C=O) groups excluding carboxylic acids is 1. The van der Waals surface area contributed by atoms with Gasteiger partial charge >= 0.3 is 0 Å². The first-order chi connectivity index (χ1) is 16.3. The van der Waals surface area contributed by atoms with Crippen molar-refractivity contribution in [2.75, 3.05) is 0 Å². The zero-order valence-electron chi connectivity index (χ0n) is 18.6. The molecule has 0 bridgehead atoms. The summed E-state index contributed by atoms with van der Waals surface area (Å²) < 4.78 is 27.6. The molecule has 3 aromatic carbocycles. The minimum absolute atomic E-state index is 0.297. The quantitative estimate of drug-likeness (QED) is 0.293. The maximum absolute atomic E-state index is 13.8. The fourth-order valence-corrected chi connectivity index (χ4v) is 5.47. The molecule has 0 saturated carbocycles. The lowest BCUT2D eigenvalue weighted by molar-refractivity contribution is 0.0904. The maximum Gasteiger partial charge on any atom is 0.254 e. The molecule has 4 rings (SSSR count). The molecule has 0 saturated heterocycles. The van der Waals surface area contributed by atoms with Crippen LogP contribution in [0.3, 0.4) is 0 Å². The Morgan fingerprint density at radius 2 is 1.35 bits per heavy atom. The smallest absolute Gasteiger partial charge is 0.254 e. The SMILES string of the molecule is CC(C)(NC(=O)c1c(Sc2cccc(F)c2)cccc1Sc1cccc(F)c1)c1ccccn1. The van der Waals surface area contributed by atoms with E-state index >= 15 is 0 Å². The van der Waals surface area contributed by atoms with Gasteiger partial charge in [-0.3, -0.25) is 9.78 Å². The van der Waals surface area contributed by atoms with Crippen LogP contribution in [0.1, 0.15) is 29.9 Å². The number of halogens is 2. The van der Waals surface area contributed by atoms with E-state index in [1.54, 1.807) is 30.5 Å². The van der Waals surface area contributed by atoms with Crippen LogP contribution in [0.25, 0.3) is 0 Å². The highest BCUT2D eigenvalue weighted by Gasteiger charge is 2.27. The highest BCUT2D eigenvalue weighted by atomic mass is 32.2. The van der Waals surface area contributed by atoms with Gasteiger partial charge in [0.15, 0.2) is 0 Å². The number of amides is 1. The molecule has 0 aliphatic rings. The van der Waals surface area contributed by atoms with Crippen LogP contribution in [0.2, 0.25) is 0 Å². The number of nitrogens with one attached hydrogen (secondary N) is 1. The van der Waals surface area contributed by atoms with Crippen molar-refractivity contribution < 1.29 is 13.6 Å². The first kappa shape index (κ1) is 24.0. The zero-order chi connectivity index (χ0) is 24.1. The van der Waals surface area contributed by atoms with Crippen LogP contribution in [-0.4, -0.2) is 10.9 Å². The van der Waals surface area contributed by atoms with Gasteiger partial charge in [-0.15, -0.1) is 0 Å². The van der Waals surface area contributed by atoms with E-state index in [2.05, 4.69) is 10.3 Å². The van der Waals surface area contributed by atoms with Crippen molar-refractivity contribution in [3.8, 4) is 0 Å². The minimum Gasteiger partial charge on any atom is -0.341 e. The van der Waals surface area contributed by atoms with E-state index in [0.717, 1.165) is 5.69 Å². The standard InChI is InChI=1S/C27H22F2N2OS2/c1-27(2,24-14-3-4-15-30-24)31-26(32)25-22(33-20-10-5-8-18(28)16-20)12-7-13-23(25)34-21-11-6-9-19(29)17-21/h3-17H,1-2H3,(H,31,32). The molecule has 0 radical (unpaired) electrons. The first-order valence-electron chi connectivity index (χ1n) is 10.6. The van der Waals surface area contributed by atoms with Crippen LogP contribution in [0.15, 0.2) is 111 Å². The molecule has 0 atom stereocenters. The summed E-state index contributed by atoms with van der Waals surface area (Å²) in [5, 5.41) is 3.09. The van der Waals surface area contributed by atoms with Gasteiger partial charge in [-0.05, 0) is 74.5 Å². The summed E-state index contributed by atoms with van der Waals surface area (Å²) in [5.74, 6) is -0.996. The lowest BCUT2D eigenvalue weighted by Gasteiger charge is -2.27. The van der Waals surface area contributed by atoms with Crippen molar-refractivity contribution >= 4 is 29.4 Å². The lowest BCUT2D eigenvalue weighted by atomic mass is 9.99. The van der Waals surface area contributed by atoms with Crippen molar-refractivity contribution in [1.29, 1.82) is 0 Å². The number of carbonyl (C=O) groups is 1. The van der Waals surface area contributed by atoms with Gasteiger partial charge in [0.2, 0.25) is 0 Å². The highest BCUT2D eigenvalue weighted by Crippen LogP contribution is 2.39. The van der Waals surface area contributed by atoms with Crippen molar-refractivity contribution in [3.05, 3.63) is 114 Å². The van der Waals surface area contributed by atoms with E-state index in [1.807, 2.05) is 50.2 Å². The van der Waals surface area contributed by atoms with E-state index in [4.69, 9.17) is 0 Å².